The smallest absolute Gasteiger partial charge is 0.117 e. The van der Waals surface area contributed by atoms with Crippen LogP contribution in [0.25, 0.3) is 0 Å². The lowest BCUT2D eigenvalue weighted by Crippen LogP contribution is -1.86. The maximum absolute atomic E-state index is 4.38. The molecule has 0 amide bonds. The van der Waals surface area contributed by atoms with Crippen LogP contribution >= 0.6 is 27.3 Å². The van der Waals surface area contributed by atoms with E-state index in [1.54, 1.807) is 11.3 Å². The first-order valence-corrected chi connectivity index (χ1v) is 6.72. The maximum Gasteiger partial charge on any atom is 0.117 e. The van der Waals surface area contributed by atoms with Crippen molar-refractivity contribution in [1.82, 2.24) is 4.98 Å². The van der Waals surface area contributed by atoms with Crippen LogP contribution in [-0.4, -0.2) is 4.98 Å². The van der Waals surface area contributed by atoms with E-state index in [0.717, 1.165) is 9.61 Å². The quantitative estimate of drug-likeness (QED) is 0.726. The third-order valence-corrected chi connectivity index (χ3v) is 3.65. The fourth-order valence-corrected chi connectivity index (χ4v) is 2.38. The van der Waals surface area contributed by atoms with E-state index < -0.39 is 0 Å². The van der Waals surface area contributed by atoms with Crippen LogP contribution in [0.5, 0.6) is 0 Å². The van der Waals surface area contributed by atoms with Gasteiger partial charge in [0.15, 0.2) is 0 Å². The largest absolute Gasteiger partial charge is 0.234 e. The van der Waals surface area contributed by atoms with Gasteiger partial charge in [-0.25, -0.2) is 4.98 Å². The number of hydrogen-bond donors (Lipinski definition) is 0. The predicted molar refractivity (Wildman–Crippen MR) is 71.3 cm³/mol. The van der Waals surface area contributed by atoms with E-state index in [0.29, 0.717) is 11.8 Å². The van der Waals surface area contributed by atoms with Gasteiger partial charge >= 0.3 is 0 Å². The second-order valence-corrected chi connectivity index (χ2v) is 5.51. The highest BCUT2D eigenvalue weighted by Gasteiger charge is 2.05. The molecule has 1 heterocycles. The zero-order valence-electron chi connectivity index (χ0n) is 9.27. The molecule has 0 aliphatic carbocycles. The van der Waals surface area contributed by atoms with Gasteiger partial charge in [0.05, 0.1) is 0 Å². The Morgan fingerprint density at radius 1 is 1.27 bits per heavy atom. The van der Waals surface area contributed by atoms with Crippen LogP contribution in [-0.2, 0) is 0 Å². The second kappa shape index (κ2) is 6.23. The molecule has 1 nitrogen and oxygen atoms in total. The lowest BCUT2D eigenvalue weighted by molar-refractivity contribution is 0.831. The molecule has 0 aromatic carbocycles. The van der Waals surface area contributed by atoms with Gasteiger partial charge in [-0.15, -0.1) is 11.3 Å². The molecule has 0 spiro atoms. The lowest BCUT2D eigenvalue weighted by atomic mass is 10.1. The highest BCUT2D eigenvalue weighted by atomic mass is 79.9. The summed E-state index contributed by atoms with van der Waals surface area (Å²) >= 11 is 5.05. The van der Waals surface area contributed by atoms with Gasteiger partial charge in [-0.05, 0) is 21.8 Å². The van der Waals surface area contributed by atoms with Gasteiger partial charge in [0, 0.05) is 11.3 Å². The average Bonchev–Trinajstić information content (AvgIpc) is 2.59. The lowest BCUT2D eigenvalue weighted by Gasteiger charge is -1.99. The first kappa shape index (κ1) is 12.7. The van der Waals surface area contributed by atoms with Crippen molar-refractivity contribution in [1.29, 1.82) is 0 Å². The summed E-state index contributed by atoms with van der Waals surface area (Å²) in [7, 11) is 0. The molecule has 0 saturated heterocycles. The van der Waals surface area contributed by atoms with Crippen molar-refractivity contribution in [2.45, 2.75) is 26.7 Å². The van der Waals surface area contributed by atoms with Crippen molar-refractivity contribution >= 4 is 27.3 Å². The fourth-order valence-electron chi connectivity index (χ4n) is 1.08. The first-order valence-electron chi connectivity index (χ1n) is 5.05. The molecule has 1 aromatic heterocycles. The molecular weight excluding hydrogens is 270 g/mol. The topological polar surface area (TPSA) is 12.9 Å². The van der Waals surface area contributed by atoms with Gasteiger partial charge in [-0.2, -0.15) is 0 Å². The molecule has 1 rings (SSSR count). The normalized spacial score (nSPS) is 14.5. The Balaban J connectivity index is 2.52. The summed E-state index contributed by atoms with van der Waals surface area (Å²) in [6, 6.07) is 0. The minimum Gasteiger partial charge on any atom is -0.234 e. The van der Waals surface area contributed by atoms with Gasteiger partial charge in [0.25, 0.3) is 0 Å². The Morgan fingerprint density at radius 2 is 1.93 bits per heavy atom. The fraction of sp³-hybridized carbons (Fsp3) is 0.417. The SMILES string of the molecule is CC(C)/C=C/C=C\[C@H](C)c1nc(Br)cs1. The number of allylic oxidation sites excluding steroid dienone is 4. The summed E-state index contributed by atoms with van der Waals surface area (Å²) in [5.74, 6) is 0.997. The van der Waals surface area contributed by atoms with Crippen molar-refractivity contribution < 1.29 is 0 Å². The molecule has 1 atom stereocenters. The molecule has 3 heteroatoms. The second-order valence-electron chi connectivity index (χ2n) is 3.81. The van der Waals surface area contributed by atoms with Crippen LogP contribution < -0.4 is 0 Å². The Bertz CT molecular complexity index is 352. The summed E-state index contributed by atoms with van der Waals surface area (Å²) in [5, 5.41) is 3.17. The monoisotopic (exact) mass is 285 g/mol. The van der Waals surface area contributed by atoms with Crippen LogP contribution in [0.3, 0.4) is 0 Å². The van der Waals surface area contributed by atoms with Gasteiger partial charge in [0.1, 0.15) is 9.61 Å². The highest BCUT2D eigenvalue weighted by molar-refractivity contribution is 9.10. The standard InChI is InChI=1S/C12H16BrNS/c1-9(2)6-4-5-7-10(3)12-14-11(13)8-15-12/h4-10H,1-3H3/b6-4+,7-5-/t10-/m0/s1. The Morgan fingerprint density at radius 3 is 2.47 bits per heavy atom. The Labute approximate surface area is 104 Å². The molecule has 82 valence electrons. The highest BCUT2D eigenvalue weighted by Crippen LogP contribution is 2.23. The van der Waals surface area contributed by atoms with Gasteiger partial charge in [0.2, 0.25) is 0 Å². The van der Waals surface area contributed by atoms with Crippen molar-refractivity contribution in [3.8, 4) is 0 Å². The van der Waals surface area contributed by atoms with E-state index in [9.17, 15) is 0 Å². The van der Waals surface area contributed by atoms with E-state index in [-0.39, 0.29) is 0 Å². The van der Waals surface area contributed by atoms with Crippen molar-refractivity contribution in [2.24, 2.45) is 5.92 Å². The molecule has 0 saturated carbocycles. The number of rotatable bonds is 4. The molecule has 1 aromatic rings. The van der Waals surface area contributed by atoms with E-state index in [2.05, 4.69) is 66.0 Å². The third kappa shape index (κ3) is 4.76. The molecule has 0 fully saturated rings. The minimum absolute atomic E-state index is 0.387. The number of hydrogen-bond acceptors (Lipinski definition) is 2. The zero-order valence-corrected chi connectivity index (χ0v) is 11.7. The van der Waals surface area contributed by atoms with Crippen LogP contribution in [0.2, 0.25) is 0 Å². The molecule has 0 N–H and O–H groups in total. The molecular formula is C12H16BrNS. The Kier molecular flexibility index (Phi) is 5.26. The van der Waals surface area contributed by atoms with Crippen LogP contribution in [0, 0.1) is 5.92 Å². The van der Waals surface area contributed by atoms with Gasteiger partial charge in [-0.1, -0.05) is 45.1 Å². The third-order valence-electron chi connectivity index (χ3n) is 1.89. The molecule has 0 radical (unpaired) electrons. The summed E-state index contributed by atoms with van der Waals surface area (Å²) in [6.45, 7) is 6.50. The molecule has 0 unspecified atom stereocenters. The first-order chi connectivity index (χ1) is 7.09. The summed E-state index contributed by atoms with van der Waals surface area (Å²) in [4.78, 5) is 4.38. The van der Waals surface area contributed by atoms with Crippen LogP contribution in [0.1, 0.15) is 31.7 Å². The number of thiazole rings is 1. The summed E-state index contributed by atoms with van der Waals surface area (Å²) in [5.41, 5.74) is 0. The van der Waals surface area contributed by atoms with Crippen molar-refractivity contribution in [3.63, 3.8) is 0 Å². The number of aromatic nitrogens is 1. The van der Waals surface area contributed by atoms with Crippen LogP contribution in [0.4, 0.5) is 0 Å². The van der Waals surface area contributed by atoms with E-state index >= 15 is 0 Å². The Hall–Kier alpha value is -0.410. The van der Waals surface area contributed by atoms with E-state index in [1.165, 1.54) is 0 Å². The molecule has 0 aliphatic rings. The summed E-state index contributed by atoms with van der Waals surface area (Å²) in [6.07, 6.45) is 8.55. The van der Waals surface area contributed by atoms with E-state index in [1.807, 2.05) is 5.38 Å². The summed E-state index contributed by atoms with van der Waals surface area (Å²) < 4.78 is 0.931. The number of nitrogens with zero attached hydrogens (tertiary/aromatic N) is 1. The van der Waals surface area contributed by atoms with Gasteiger partial charge in [-0.3, -0.25) is 0 Å². The van der Waals surface area contributed by atoms with Crippen LogP contribution in [0.15, 0.2) is 34.3 Å². The van der Waals surface area contributed by atoms with Gasteiger partial charge < -0.3 is 0 Å². The molecule has 0 bridgehead atoms. The maximum atomic E-state index is 4.38. The zero-order chi connectivity index (χ0) is 11.3. The number of halogens is 1. The van der Waals surface area contributed by atoms with Crippen molar-refractivity contribution in [3.05, 3.63) is 39.3 Å². The predicted octanol–water partition coefficient (Wildman–Crippen LogP) is 4.78. The molecule has 15 heavy (non-hydrogen) atoms. The van der Waals surface area contributed by atoms with E-state index in [4.69, 9.17) is 0 Å². The molecule has 0 aliphatic heterocycles. The average molecular weight is 286 g/mol. The minimum atomic E-state index is 0.387. The van der Waals surface area contributed by atoms with Crippen molar-refractivity contribution in [2.75, 3.05) is 0 Å².